The highest BCUT2D eigenvalue weighted by molar-refractivity contribution is 6.30. The van der Waals surface area contributed by atoms with Gasteiger partial charge >= 0.3 is 0 Å². The van der Waals surface area contributed by atoms with Gasteiger partial charge in [-0.05, 0) is 26.0 Å². The van der Waals surface area contributed by atoms with Gasteiger partial charge in [0, 0.05) is 12.2 Å². The molecule has 3 atom stereocenters. The first-order chi connectivity index (χ1) is 9.32. The first-order valence-corrected chi connectivity index (χ1v) is 6.66. The molecule has 0 saturated heterocycles. The van der Waals surface area contributed by atoms with Gasteiger partial charge in [-0.3, -0.25) is 9.59 Å². The highest BCUT2D eigenvalue weighted by Crippen LogP contribution is 2.19. The summed E-state index contributed by atoms with van der Waals surface area (Å²) in [5, 5.41) is 14.0. The number of nitrogens with zero attached hydrogens (tertiary/aromatic N) is 1. The lowest BCUT2D eigenvalue weighted by atomic mass is 10.0. The number of aromatic nitrogens is 1. The molecule has 0 aliphatic rings. The fraction of sp³-hybridized carbons (Fsp3) is 0.462. The van der Waals surface area contributed by atoms with Gasteiger partial charge in [-0.25, -0.2) is 4.98 Å². The van der Waals surface area contributed by atoms with Crippen LogP contribution in [0.2, 0.25) is 0 Å². The standard InChI is InChI=1S/C13H18ClN3O3/c1-7(9(3)16-13(20)8(2)14)12(19)17-11-10(18)5-4-6-15-11/h4-9,18H,1-3H3,(H,16,20)(H,15,17,19). The van der Waals surface area contributed by atoms with Gasteiger partial charge in [0.2, 0.25) is 11.8 Å². The summed E-state index contributed by atoms with van der Waals surface area (Å²) in [6.45, 7) is 4.93. The Kier molecular flexibility index (Phi) is 5.76. The predicted molar refractivity (Wildman–Crippen MR) is 76.6 cm³/mol. The molecule has 3 unspecified atom stereocenters. The summed E-state index contributed by atoms with van der Waals surface area (Å²) >= 11 is 5.65. The van der Waals surface area contributed by atoms with E-state index in [4.69, 9.17) is 11.6 Å². The quantitative estimate of drug-likeness (QED) is 0.718. The SMILES string of the molecule is CC(Cl)C(=O)NC(C)C(C)C(=O)Nc1ncccc1O. The third-order valence-electron chi connectivity index (χ3n) is 2.92. The van der Waals surface area contributed by atoms with Gasteiger partial charge in [0.25, 0.3) is 0 Å². The van der Waals surface area contributed by atoms with Crippen LogP contribution in [0.1, 0.15) is 20.8 Å². The van der Waals surface area contributed by atoms with Gasteiger partial charge in [-0.1, -0.05) is 6.92 Å². The first-order valence-electron chi connectivity index (χ1n) is 6.22. The molecule has 6 nitrogen and oxygen atoms in total. The number of amides is 2. The molecule has 1 rings (SSSR count). The van der Waals surface area contributed by atoms with Crippen LogP contribution in [-0.4, -0.2) is 33.3 Å². The van der Waals surface area contributed by atoms with E-state index in [0.717, 1.165) is 0 Å². The van der Waals surface area contributed by atoms with E-state index in [-0.39, 0.29) is 23.4 Å². The molecular formula is C13H18ClN3O3. The number of alkyl halides is 1. The number of aromatic hydroxyl groups is 1. The van der Waals surface area contributed by atoms with E-state index in [1.807, 2.05) is 0 Å². The molecule has 3 N–H and O–H groups in total. The topological polar surface area (TPSA) is 91.3 Å². The molecule has 110 valence electrons. The molecule has 0 saturated carbocycles. The third kappa shape index (κ3) is 4.38. The maximum Gasteiger partial charge on any atom is 0.237 e. The molecule has 0 radical (unpaired) electrons. The minimum Gasteiger partial charge on any atom is -0.504 e. The molecule has 0 aliphatic heterocycles. The monoisotopic (exact) mass is 299 g/mol. The van der Waals surface area contributed by atoms with E-state index in [1.165, 1.54) is 12.3 Å². The van der Waals surface area contributed by atoms with Crippen molar-refractivity contribution in [2.24, 2.45) is 5.92 Å². The summed E-state index contributed by atoms with van der Waals surface area (Å²) in [6, 6.07) is 2.59. The Morgan fingerprint density at radius 3 is 2.50 bits per heavy atom. The van der Waals surface area contributed by atoms with E-state index in [9.17, 15) is 14.7 Å². The average Bonchev–Trinajstić information content (AvgIpc) is 2.40. The van der Waals surface area contributed by atoms with Crippen LogP contribution in [0.4, 0.5) is 5.82 Å². The Hall–Kier alpha value is -1.82. The Bertz CT molecular complexity index is 494. The molecule has 1 aromatic heterocycles. The van der Waals surface area contributed by atoms with Crippen molar-refractivity contribution in [2.75, 3.05) is 5.32 Å². The zero-order valence-electron chi connectivity index (χ0n) is 11.6. The summed E-state index contributed by atoms with van der Waals surface area (Å²) in [7, 11) is 0. The second kappa shape index (κ2) is 7.09. The van der Waals surface area contributed by atoms with Crippen LogP contribution in [0.3, 0.4) is 0 Å². The van der Waals surface area contributed by atoms with Crippen LogP contribution in [0, 0.1) is 5.92 Å². The summed E-state index contributed by atoms with van der Waals surface area (Å²) < 4.78 is 0. The Morgan fingerprint density at radius 2 is 1.95 bits per heavy atom. The number of halogens is 1. The predicted octanol–water partition coefficient (Wildman–Crippen LogP) is 1.49. The van der Waals surface area contributed by atoms with Gasteiger partial charge in [0.1, 0.15) is 5.38 Å². The minimum absolute atomic E-state index is 0.0913. The molecule has 2 amide bonds. The van der Waals surface area contributed by atoms with Gasteiger partial charge in [-0.2, -0.15) is 0 Å². The van der Waals surface area contributed by atoms with Crippen LogP contribution >= 0.6 is 11.6 Å². The molecule has 1 heterocycles. The van der Waals surface area contributed by atoms with Crippen molar-refractivity contribution in [3.05, 3.63) is 18.3 Å². The lowest BCUT2D eigenvalue weighted by molar-refractivity contribution is -0.123. The average molecular weight is 300 g/mol. The smallest absolute Gasteiger partial charge is 0.237 e. The lowest BCUT2D eigenvalue weighted by Crippen LogP contribution is -2.44. The molecular weight excluding hydrogens is 282 g/mol. The van der Waals surface area contributed by atoms with E-state index in [2.05, 4.69) is 15.6 Å². The van der Waals surface area contributed by atoms with E-state index < -0.39 is 17.3 Å². The van der Waals surface area contributed by atoms with Crippen LogP contribution in [0.5, 0.6) is 5.75 Å². The Morgan fingerprint density at radius 1 is 1.30 bits per heavy atom. The molecule has 7 heteroatoms. The van der Waals surface area contributed by atoms with Gasteiger partial charge in [0.05, 0.1) is 5.92 Å². The number of nitrogens with one attached hydrogen (secondary N) is 2. The highest BCUT2D eigenvalue weighted by Gasteiger charge is 2.24. The molecule has 0 spiro atoms. The number of carbonyl (C=O) groups excluding carboxylic acids is 2. The second-order valence-corrected chi connectivity index (χ2v) is 5.22. The minimum atomic E-state index is -0.660. The number of carbonyl (C=O) groups is 2. The van der Waals surface area contributed by atoms with Crippen molar-refractivity contribution in [2.45, 2.75) is 32.2 Å². The maximum atomic E-state index is 12.0. The van der Waals surface area contributed by atoms with Crippen LogP contribution in [-0.2, 0) is 9.59 Å². The second-order valence-electron chi connectivity index (χ2n) is 4.56. The summed E-state index contributed by atoms with van der Waals surface area (Å²) in [4.78, 5) is 27.3. The zero-order valence-corrected chi connectivity index (χ0v) is 12.3. The first kappa shape index (κ1) is 16.2. The molecule has 20 heavy (non-hydrogen) atoms. The fourth-order valence-corrected chi connectivity index (χ4v) is 1.48. The van der Waals surface area contributed by atoms with Crippen LogP contribution in [0.25, 0.3) is 0 Å². The van der Waals surface area contributed by atoms with Crippen molar-refractivity contribution < 1.29 is 14.7 Å². The molecule has 0 aliphatic carbocycles. The number of pyridine rings is 1. The highest BCUT2D eigenvalue weighted by atomic mass is 35.5. The lowest BCUT2D eigenvalue weighted by Gasteiger charge is -2.21. The van der Waals surface area contributed by atoms with Crippen LogP contribution in [0.15, 0.2) is 18.3 Å². The Balaban J connectivity index is 2.63. The van der Waals surface area contributed by atoms with Gasteiger partial charge in [0.15, 0.2) is 11.6 Å². The van der Waals surface area contributed by atoms with Crippen molar-refractivity contribution in [3.63, 3.8) is 0 Å². The van der Waals surface area contributed by atoms with Crippen LogP contribution < -0.4 is 10.6 Å². The van der Waals surface area contributed by atoms with E-state index >= 15 is 0 Å². The molecule has 0 aromatic carbocycles. The van der Waals surface area contributed by atoms with Crippen molar-refractivity contribution in [3.8, 4) is 5.75 Å². The summed E-state index contributed by atoms with van der Waals surface area (Å²) in [6.07, 6.45) is 1.46. The number of hydrogen-bond donors (Lipinski definition) is 3. The third-order valence-corrected chi connectivity index (χ3v) is 3.12. The zero-order chi connectivity index (χ0) is 15.3. The molecule has 0 bridgehead atoms. The summed E-state index contributed by atoms with van der Waals surface area (Å²) in [5.74, 6) is -1.21. The van der Waals surface area contributed by atoms with Crippen molar-refractivity contribution >= 4 is 29.2 Å². The Labute approximate surface area is 122 Å². The normalized spacial score (nSPS) is 15.0. The fourth-order valence-electron chi connectivity index (χ4n) is 1.41. The summed E-state index contributed by atoms with van der Waals surface area (Å²) in [5.41, 5.74) is 0. The molecule has 1 aromatic rings. The van der Waals surface area contributed by atoms with E-state index in [1.54, 1.807) is 26.8 Å². The number of rotatable bonds is 5. The number of hydrogen-bond acceptors (Lipinski definition) is 4. The van der Waals surface area contributed by atoms with Crippen molar-refractivity contribution in [1.29, 1.82) is 0 Å². The van der Waals surface area contributed by atoms with Crippen molar-refractivity contribution in [1.82, 2.24) is 10.3 Å². The van der Waals surface area contributed by atoms with Gasteiger partial charge in [-0.15, -0.1) is 11.6 Å². The molecule has 0 fully saturated rings. The largest absolute Gasteiger partial charge is 0.504 e. The number of anilines is 1. The maximum absolute atomic E-state index is 12.0. The van der Waals surface area contributed by atoms with Gasteiger partial charge < -0.3 is 15.7 Å². The van der Waals surface area contributed by atoms with E-state index in [0.29, 0.717) is 0 Å².